The van der Waals surface area contributed by atoms with E-state index in [-0.39, 0.29) is 5.92 Å². The molecule has 0 aromatic heterocycles. The van der Waals surface area contributed by atoms with E-state index in [1.807, 2.05) is 0 Å². The smallest absolute Gasteiger partial charge is 0.164 e. The maximum Gasteiger partial charge on any atom is 0.164 e. The molecule has 1 saturated heterocycles. The monoisotopic (exact) mass is 194 g/mol. The van der Waals surface area contributed by atoms with Crippen molar-refractivity contribution >= 4 is 5.78 Å². The highest BCUT2D eigenvalue weighted by atomic mass is 16.5. The molecule has 2 unspecified atom stereocenters. The molecule has 2 rings (SSSR count). The Kier molecular flexibility index (Phi) is 3.02. The number of Topliss-reactive ketones (excluding diaryl/α,β-unsaturated/α-hetero) is 1. The Balaban J connectivity index is 1.90. The van der Waals surface area contributed by atoms with Crippen molar-refractivity contribution in [2.45, 2.75) is 32.6 Å². The number of allylic oxidation sites excluding steroid dienone is 1. The maximum atomic E-state index is 11.8. The van der Waals surface area contributed by atoms with Crippen LogP contribution in [0.2, 0.25) is 0 Å². The number of ether oxygens (including phenoxy) is 1. The SMILES string of the molecule is CCCCCC1=CC2COCC2C1=O. The molecule has 0 amide bonds. The molecule has 0 aromatic carbocycles. The Bertz CT molecular complexity index is 255. The first kappa shape index (κ1) is 9.91. The molecule has 0 saturated carbocycles. The molecule has 0 bridgehead atoms. The predicted octanol–water partition coefficient (Wildman–Crippen LogP) is 2.34. The van der Waals surface area contributed by atoms with Crippen LogP contribution in [0.15, 0.2) is 11.6 Å². The van der Waals surface area contributed by atoms with Crippen LogP contribution < -0.4 is 0 Å². The van der Waals surface area contributed by atoms with E-state index in [4.69, 9.17) is 4.74 Å². The van der Waals surface area contributed by atoms with E-state index < -0.39 is 0 Å². The normalized spacial score (nSPS) is 30.6. The van der Waals surface area contributed by atoms with Crippen LogP contribution in [0.1, 0.15) is 32.6 Å². The largest absolute Gasteiger partial charge is 0.380 e. The third-order valence-corrected chi connectivity index (χ3v) is 3.24. The van der Waals surface area contributed by atoms with Crippen LogP contribution in [0.3, 0.4) is 0 Å². The van der Waals surface area contributed by atoms with Crippen molar-refractivity contribution in [2.75, 3.05) is 13.2 Å². The Morgan fingerprint density at radius 2 is 2.29 bits per heavy atom. The highest BCUT2D eigenvalue weighted by molar-refractivity contribution is 6.00. The van der Waals surface area contributed by atoms with Gasteiger partial charge in [0.2, 0.25) is 0 Å². The third-order valence-electron chi connectivity index (χ3n) is 3.24. The first-order valence-corrected chi connectivity index (χ1v) is 5.65. The molecule has 0 N–H and O–H groups in total. The second-order valence-corrected chi connectivity index (χ2v) is 4.32. The number of hydrogen-bond acceptors (Lipinski definition) is 2. The van der Waals surface area contributed by atoms with Gasteiger partial charge >= 0.3 is 0 Å². The fourth-order valence-electron chi connectivity index (χ4n) is 2.36. The Morgan fingerprint density at radius 3 is 3.00 bits per heavy atom. The summed E-state index contributed by atoms with van der Waals surface area (Å²) in [6.07, 6.45) is 6.76. The van der Waals surface area contributed by atoms with Gasteiger partial charge in [0.05, 0.1) is 19.1 Å². The molecule has 1 aliphatic carbocycles. The van der Waals surface area contributed by atoms with Crippen LogP contribution in [-0.4, -0.2) is 19.0 Å². The summed E-state index contributed by atoms with van der Waals surface area (Å²) in [7, 11) is 0. The van der Waals surface area contributed by atoms with Gasteiger partial charge in [-0.15, -0.1) is 0 Å². The third kappa shape index (κ3) is 1.76. The summed E-state index contributed by atoms with van der Waals surface area (Å²) in [6, 6.07) is 0. The zero-order valence-corrected chi connectivity index (χ0v) is 8.79. The number of rotatable bonds is 4. The number of unbranched alkanes of at least 4 members (excludes halogenated alkanes) is 2. The quantitative estimate of drug-likeness (QED) is 0.642. The Labute approximate surface area is 85.3 Å². The van der Waals surface area contributed by atoms with Gasteiger partial charge in [-0.25, -0.2) is 0 Å². The van der Waals surface area contributed by atoms with Gasteiger partial charge in [0.1, 0.15) is 0 Å². The summed E-state index contributed by atoms with van der Waals surface area (Å²) >= 11 is 0. The number of carbonyl (C=O) groups excluding carboxylic acids is 1. The minimum Gasteiger partial charge on any atom is -0.380 e. The lowest BCUT2D eigenvalue weighted by molar-refractivity contribution is -0.119. The van der Waals surface area contributed by atoms with Crippen molar-refractivity contribution in [3.8, 4) is 0 Å². The number of hydrogen-bond donors (Lipinski definition) is 0. The van der Waals surface area contributed by atoms with Crippen molar-refractivity contribution in [3.63, 3.8) is 0 Å². The summed E-state index contributed by atoms with van der Waals surface area (Å²) in [6.45, 7) is 3.60. The van der Waals surface area contributed by atoms with Gasteiger partial charge in [0.25, 0.3) is 0 Å². The molecule has 0 aromatic rings. The van der Waals surface area contributed by atoms with Gasteiger partial charge in [0.15, 0.2) is 5.78 Å². The highest BCUT2D eigenvalue weighted by Gasteiger charge is 2.39. The molecular formula is C12H18O2. The average molecular weight is 194 g/mol. The average Bonchev–Trinajstić information content (AvgIpc) is 2.72. The van der Waals surface area contributed by atoms with Gasteiger partial charge in [0, 0.05) is 5.92 Å². The van der Waals surface area contributed by atoms with E-state index in [0.717, 1.165) is 25.0 Å². The Morgan fingerprint density at radius 1 is 1.43 bits per heavy atom. The second kappa shape index (κ2) is 4.26. The van der Waals surface area contributed by atoms with E-state index in [1.54, 1.807) is 0 Å². The molecule has 1 fully saturated rings. The second-order valence-electron chi connectivity index (χ2n) is 4.32. The van der Waals surface area contributed by atoms with Crippen molar-refractivity contribution in [3.05, 3.63) is 11.6 Å². The summed E-state index contributed by atoms with van der Waals surface area (Å²) in [5.74, 6) is 0.939. The van der Waals surface area contributed by atoms with E-state index in [0.29, 0.717) is 18.3 Å². The van der Waals surface area contributed by atoms with E-state index in [2.05, 4.69) is 13.0 Å². The van der Waals surface area contributed by atoms with Crippen LogP contribution in [0.5, 0.6) is 0 Å². The first-order valence-electron chi connectivity index (χ1n) is 5.65. The highest BCUT2D eigenvalue weighted by Crippen LogP contribution is 2.34. The topological polar surface area (TPSA) is 26.3 Å². The lowest BCUT2D eigenvalue weighted by Gasteiger charge is -2.04. The summed E-state index contributed by atoms with van der Waals surface area (Å²) in [5.41, 5.74) is 1.08. The predicted molar refractivity (Wildman–Crippen MR) is 55.0 cm³/mol. The standard InChI is InChI=1S/C12H18O2/c1-2-3-4-5-9-6-10-7-14-8-11(10)12(9)13/h6,10-11H,2-5,7-8H2,1H3. The lowest BCUT2D eigenvalue weighted by Crippen LogP contribution is -2.15. The van der Waals surface area contributed by atoms with E-state index >= 15 is 0 Å². The molecule has 2 atom stereocenters. The van der Waals surface area contributed by atoms with Crippen LogP contribution in [0.25, 0.3) is 0 Å². The van der Waals surface area contributed by atoms with Crippen molar-refractivity contribution < 1.29 is 9.53 Å². The van der Waals surface area contributed by atoms with Crippen LogP contribution >= 0.6 is 0 Å². The fourth-order valence-corrected chi connectivity index (χ4v) is 2.36. The van der Waals surface area contributed by atoms with Crippen molar-refractivity contribution in [1.82, 2.24) is 0 Å². The molecule has 78 valence electrons. The zero-order valence-electron chi connectivity index (χ0n) is 8.79. The molecular weight excluding hydrogens is 176 g/mol. The van der Waals surface area contributed by atoms with Gasteiger partial charge in [-0.1, -0.05) is 25.8 Å². The molecule has 1 heterocycles. The first-order chi connectivity index (χ1) is 6.83. The van der Waals surface area contributed by atoms with Gasteiger partial charge < -0.3 is 4.74 Å². The molecule has 2 heteroatoms. The summed E-state index contributed by atoms with van der Waals surface area (Å²) in [4.78, 5) is 11.8. The minimum absolute atomic E-state index is 0.173. The summed E-state index contributed by atoms with van der Waals surface area (Å²) in [5, 5.41) is 0. The van der Waals surface area contributed by atoms with Crippen LogP contribution in [0, 0.1) is 11.8 Å². The van der Waals surface area contributed by atoms with Crippen LogP contribution in [0.4, 0.5) is 0 Å². The molecule has 14 heavy (non-hydrogen) atoms. The van der Waals surface area contributed by atoms with Crippen molar-refractivity contribution in [2.24, 2.45) is 11.8 Å². The molecule has 2 aliphatic rings. The summed E-state index contributed by atoms with van der Waals surface area (Å²) < 4.78 is 5.29. The zero-order chi connectivity index (χ0) is 9.97. The van der Waals surface area contributed by atoms with E-state index in [1.165, 1.54) is 12.8 Å². The molecule has 2 nitrogen and oxygen atoms in total. The molecule has 1 aliphatic heterocycles. The van der Waals surface area contributed by atoms with Gasteiger partial charge in [-0.3, -0.25) is 4.79 Å². The van der Waals surface area contributed by atoms with Crippen LogP contribution in [-0.2, 0) is 9.53 Å². The van der Waals surface area contributed by atoms with Gasteiger partial charge in [-0.05, 0) is 18.4 Å². The van der Waals surface area contributed by atoms with Gasteiger partial charge in [-0.2, -0.15) is 0 Å². The number of fused-ring (bicyclic) bond motifs is 1. The van der Waals surface area contributed by atoms with Crippen molar-refractivity contribution in [1.29, 1.82) is 0 Å². The minimum atomic E-state index is 0.173. The number of ketones is 1. The van der Waals surface area contributed by atoms with E-state index in [9.17, 15) is 4.79 Å². The maximum absolute atomic E-state index is 11.8. The number of carbonyl (C=O) groups is 1. The molecule has 0 spiro atoms. The lowest BCUT2D eigenvalue weighted by atomic mass is 9.97. The fraction of sp³-hybridized carbons (Fsp3) is 0.750. The Hall–Kier alpha value is -0.630. The molecule has 0 radical (unpaired) electrons.